The molecule has 4 heterocycles. The Bertz CT molecular complexity index is 1840. The zero-order valence-corrected chi connectivity index (χ0v) is 27.1. The highest BCUT2D eigenvalue weighted by Gasteiger charge is 2.24. The Labute approximate surface area is 273 Å². The Kier molecular flexibility index (Phi) is 9.79. The first-order valence-corrected chi connectivity index (χ1v) is 15.3. The van der Waals surface area contributed by atoms with E-state index >= 15 is 0 Å². The number of pyridine rings is 2. The minimum Gasteiger partial charge on any atom is -0.355 e. The third-order valence-corrected chi connectivity index (χ3v) is 8.18. The molecule has 0 aliphatic carbocycles. The topological polar surface area (TPSA) is 140 Å². The van der Waals surface area contributed by atoms with E-state index in [0.29, 0.717) is 11.4 Å². The molecule has 2 aromatic carbocycles. The molecule has 47 heavy (non-hydrogen) atoms. The number of benzene rings is 2. The van der Waals surface area contributed by atoms with Crippen LogP contribution in [-0.2, 0) is 22.4 Å². The average molecular weight is 635 g/mol. The second-order valence-corrected chi connectivity index (χ2v) is 11.2. The van der Waals surface area contributed by atoms with Gasteiger partial charge in [-0.1, -0.05) is 0 Å². The second-order valence-electron chi connectivity index (χ2n) is 11.2. The summed E-state index contributed by atoms with van der Waals surface area (Å²) in [6.45, 7) is 4.63. The van der Waals surface area contributed by atoms with Crippen LogP contribution in [0.25, 0.3) is 0 Å². The molecule has 4 amide bonds. The minimum absolute atomic E-state index is 0.0637. The van der Waals surface area contributed by atoms with E-state index in [1.54, 1.807) is 62.3 Å². The third kappa shape index (κ3) is 7.22. The molecule has 0 atom stereocenters. The largest absolute Gasteiger partial charge is 0.355 e. The normalized spacial score (nSPS) is 12.7. The van der Waals surface area contributed by atoms with Crippen LogP contribution in [0.3, 0.4) is 0 Å². The Morgan fingerprint density at radius 3 is 1.77 bits per heavy atom. The number of hydrogen-bond donors (Lipinski definition) is 3. The summed E-state index contributed by atoms with van der Waals surface area (Å²) in [6.07, 6.45) is 4.93. The van der Waals surface area contributed by atoms with Gasteiger partial charge in [0.2, 0.25) is 11.8 Å². The van der Waals surface area contributed by atoms with Crippen LogP contribution in [0.1, 0.15) is 46.0 Å². The van der Waals surface area contributed by atoms with Gasteiger partial charge >= 0.3 is 0 Å². The van der Waals surface area contributed by atoms with E-state index in [9.17, 15) is 19.2 Å². The molecule has 4 aromatic rings. The fourth-order valence-electron chi connectivity index (χ4n) is 5.69. The third-order valence-electron chi connectivity index (χ3n) is 8.18. The highest BCUT2D eigenvalue weighted by atomic mass is 16.2. The van der Waals surface area contributed by atoms with E-state index in [-0.39, 0.29) is 23.6 Å². The number of aromatic nitrogens is 2. The van der Waals surface area contributed by atoms with Crippen molar-refractivity contribution < 1.29 is 19.2 Å². The van der Waals surface area contributed by atoms with Gasteiger partial charge < -0.3 is 30.7 Å². The van der Waals surface area contributed by atoms with Gasteiger partial charge in [0.25, 0.3) is 11.8 Å². The summed E-state index contributed by atoms with van der Waals surface area (Å²) in [5, 5.41) is 8.41. The molecule has 6 rings (SSSR count). The Balaban J connectivity index is 0.000000185. The fraction of sp³-hybridized carbons (Fsp3) is 0.257. The van der Waals surface area contributed by atoms with Gasteiger partial charge in [-0.3, -0.25) is 29.1 Å². The number of carbonyl (C=O) groups excluding carboxylic acids is 4. The fourth-order valence-corrected chi connectivity index (χ4v) is 5.69. The van der Waals surface area contributed by atoms with Gasteiger partial charge in [-0.2, -0.15) is 0 Å². The lowest BCUT2D eigenvalue weighted by Gasteiger charge is -2.21. The molecule has 0 radical (unpaired) electrons. The van der Waals surface area contributed by atoms with Crippen molar-refractivity contribution >= 4 is 57.8 Å². The molecule has 242 valence electrons. The Morgan fingerprint density at radius 1 is 0.660 bits per heavy atom. The first kappa shape index (κ1) is 32.6. The van der Waals surface area contributed by atoms with Crippen LogP contribution in [-0.4, -0.2) is 67.8 Å². The van der Waals surface area contributed by atoms with Gasteiger partial charge in [0.05, 0.1) is 0 Å². The lowest BCUT2D eigenvalue weighted by atomic mass is 10.1. The average Bonchev–Trinajstić information content (AvgIpc) is 3.72. The summed E-state index contributed by atoms with van der Waals surface area (Å²) in [5.74, 6) is -0.302. The maximum Gasteiger partial charge on any atom is 0.269 e. The van der Waals surface area contributed by atoms with Crippen LogP contribution in [0.5, 0.6) is 0 Å². The van der Waals surface area contributed by atoms with E-state index < -0.39 is 0 Å². The highest BCUT2D eigenvalue weighted by molar-refractivity contribution is 5.96. The van der Waals surface area contributed by atoms with Crippen LogP contribution in [0.15, 0.2) is 73.1 Å². The van der Waals surface area contributed by atoms with Crippen molar-refractivity contribution in [3.8, 4) is 0 Å². The number of fused-ring (bicyclic) bond motifs is 2. The molecule has 2 aromatic heterocycles. The lowest BCUT2D eigenvalue weighted by molar-refractivity contribution is -0.117. The van der Waals surface area contributed by atoms with Crippen LogP contribution in [0, 0.1) is 0 Å². The molecule has 12 nitrogen and oxygen atoms in total. The number of hydrogen-bond acceptors (Lipinski definition) is 8. The number of rotatable bonds is 6. The van der Waals surface area contributed by atoms with Crippen molar-refractivity contribution in [3.05, 3.63) is 95.6 Å². The first-order valence-electron chi connectivity index (χ1n) is 15.3. The van der Waals surface area contributed by atoms with Gasteiger partial charge in [0.1, 0.15) is 11.4 Å². The van der Waals surface area contributed by atoms with Crippen molar-refractivity contribution in [2.45, 2.75) is 26.7 Å². The summed E-state index contributed by atoms with van der Waals surface area (Å²) in [5.41, 5.74) is 8.61. The van der Waals surface area contributed by atoms with E-state index in [1.807, 2.05) is 54.4 Å². The summed E-state index contributed by atoms with van der Waals surface area (Å²) in [6, 6.07) is 19.1. The smallest absolute Gasteiger partial charge is 0.269 e. The van der Waals surface area contributed by atoms with Crippen LogP contribution in [0.4, 0.5) is 34.1 Å². The monoisotopic (exact) mass is 634 g/mol. The van der Waals surface area contributed by atoms with Crippen molar-refractivity contribution in [3.63, 3.8) is 0 Å². The van der Waals surface area contributed by atoms with Gasteiger partial charge in [0.15, 0.2) is 0 Å². The number of nitrogens with one attached hydrogen (secondary N) is 3. The van der Waals surface area contributed by atoms with Crippen LogP contribution >= 0.6 is 0 Å². The molecule has 0 spiro atoms. The molecule has 0 bridgehead atoms. The zero-order chi connectivity index (χ0) is 33.7. The van der Waals surface area contributed by atoms with Crippen molar-refractivity contribution in [1.82, 2.24) is 20.6 Å². The molecule has 12 heteroatoms. The second kappa shape index (κ2) is 14.1. The van der Waals surface area contributed by atoms with E-state index in [1.165, 1.54) is 0 Å². The van der Waals surface area contributed by atoms with Crippen LogP contribution < -0.4 is 30.7 Å². The number of nitrogens with zero attached hydrogens (tertiary/aromatic N) is 5. The van der Waals surface area contributed by atoms with E-state index in [4.69, 9.17) is 0 Å². The molecule has 0 fully saturated rings. The zero-order valence-electron chi connectivity index (χ0n) is 27.1. The lowest BCUT2D eigenvalue weighted by Crippen LogP contribution is -2.25. The van der Waals surface area contributed by atoms with Crippen LogP contribution in [0.2, 0.25) is 0 Å². The van der Waals surface area contributed by atoms with Gasteiger partial charge in [-0.25, -0.2) is 0 Å². The molecule has 0 saturated carbocycles. The molecular formula is C35H38N8O4. The predicted octanol–water partition coefficient (Wildman–Crippen LogP) is 4.21. The summed E-state index contributed by atoms with van der Waals surface area (Å²) >= 11 is 0. The number of amides is 4. The maximum atomic E-state index is 11.7. The molecule has 2 aliphatic heterocycles. The SMILES string of the molecule is CNC(=O)c1cc(N(C)c2ccc3c(c2)CCN3C(C)=O)ccn1.CNC(=O)c1cc(Nc2ccc3c(c2)CCN3C(C)=O)ccn1. The highest BCUT2D eigenvalue weighted by Crippen LogP contribution is 2.34. The van der Waals surface area contributed by atoms with Crippen molar-refractivity contribution in [2.24, 2.45) is 0 Å². The van der Waals surface area contributed by atoms with Crippen molar-refractivity contribution in [1.29, 1.82) is 0 Å². The quantitative estimate of drug-likeness (QED) is 0.287. The maximum absolute atomic E-state index is 11.7. The number of anilines is 6. The summed E-state index contributed by atoms with van der Waals surface area (Å²) in [7, 11) is 5.11. The van der Waals surface area contributed by atoms with Crippen molar-refractivity contribution in [2.75, 3.05) is 54.2 Å². The van der Waals surface area contributed by atoms with Gasteiger partial charge in [-0.05, 0) is 84.6 Å². The molecule has 2 aliphatic rings. The first-order chi connectivity index (χ1) is 22.6. The minimum atomic E-state index is -0.222. The molecular weight excluding hydrogens is 596 g/mol. The summed E-state index contributed by atoms with van der Waals surface area (Å²) in [4.78, 5) is 60.3. The summed E-state index contributed by atoms with van der Waals surface area (Å²) < 4.78 is 0. The predicted molar refractivity (Wildman–Crippen MR) is 183 cm³/mol. The molecule has 0 unspecified atom stereocenters. The van der Waals surface area contributed by atoms with E-state index in [2.05, 4.69) is 32.0 Å². The standard InChI is InChI=1S/C18H20N4O2.C17H18N4O2/c1-12(23)22-9-7-13-10-14(4-5-17(13)22)21(3)15-6-8-20-16(11-15)18(24)19-2;1-11(22)21-8-6-12-9-13(3-4-16(12)21)20-14-5-7-19-15(10-14)17(23)18-2/h4-6,8,10-11H,7,9H2,1-3H3,(H,19,24);3-5,7,9-10H,6,8H2,1-2H3,(H,18,23)(H,19,20). The Hall–Kier alpha value is -5.78. The Morgan fingerprint density at radius 2 is 1.17 bits per heavy atom. The molecule has 3 N–H and O–H groups in total. The van der Waals surface area contributed by atoms with Gasteiger partial charge in [0, 0.05) is 94.6 Å². The van der Waals surface area contributed by atoms with E-state index in [0.717, 1.165) is 71.2 Å². The number of carbonyl (C=O) groups is 4. The van der Waals surface area contributed by atoms with Gasteiger partial charge in [-0.15, -0.1) is 0 Å². The molecule has 0 saturated heterocycles.